The van der Waals surface area contributed by atoms with E-state index in [4.69, 9.17) is 9.47 Å². The minimum Gasteiger partial charge on any atom is -0.490 e. The number of ether oxygens (including phenoxy) is 2. The molecule has 3 aromatic rings. The molecule has 0 bridgehead atoms. The molecule has 0 unspecified atom stereocenters. The van der Waals surface area contributed by atoms with Gasteiger partial charge in [0.1, 0.15) is 5.82 Å². The Morgan fingerprint density at radius 3 is 2.78 bits per heavy atom. The Bertz CT molecular complexity index is 873. The Morgan fingerprint density at radius 1 is 1.22 bits per heavy atom. The zero-order valence-corrected chi connectivity index (χ0v) is 14.3. The number of esters is 1. The highest BCUT2D eigenvalue weighted by Crippen LogP contribution is 2.33. The van der Waals surface area contributed by atoms with Crippen molar-refractivity contribution in [3.8, 4) is 22.9 Å². The van der Waals surface area contributed by atoms with E-state index >= 15 is 0 Å². The Balaban J connectivity index is 2.03. The SMILES string of the molecule is CCOc1cc(-c2nc3ccc(Br)cc3[nH]2)ccc1OC(C)=O. The summed E-state index contributed by atoms with van der Waals surface area (Å²) in [5.74, 6) is 1.27. The minimum absolute atomic E-state index is 0.382. The van der Waals surface area contributed by atoms with Crippen LogP contribution in [-0.4, -0.2) is 22.5 Å². The van der Waals surface area contributed by atoms with E-state index in [-0.39, 0.29) is 5.97 Å². The Labute approximate surface area is 141 Å². The molecule has 0 amide bonds. The minimum atomic E-state index is -0.382. The maximum absolute atomic E-state index is 11.2. The molecule has 3 rings (SSSR count). The summed E-state index contributed by atoms with van der Waals surface area (Å²) in [4.78, 5) is 19.0. The molecule has 0 aliphatic rings. The van der Waals surface area contributed by atoms with Gasteiger partial charge in [0, 0.05) is 17.0 Å². The van der Waals surface area contributed by atoms with Crippen LogP contribution in [0.2, 0.25) is 0 Å². The van der Waals surface area contributed by atoms with Gasteiger partial charge in [-0.15, -0.1) is 0 Å². The maximum Gasteiger partial charge on any atom is 0.308 e. The number of H-pyrrole nitrogens is 1. The van der Waals surface area contributed by atoms with E-state index in [0.29, 0.717) is 18.1 Å². The zero-order valence-electron chi connectivity index (χ0n) is 12.7. The summed E-state index contributed by atoms with van der Waals surface area (Å²) >= 11 is 3.45. The number of hydrogen-bond donors (Lipinski definition) is 1. The van der Waals surface area contributed by atoms with Crippen LogP contribution in [0.3, 0.4) is 0 Å². The molecule has 118 valence electrons. The van der Waals surface area contributed by atoms with E-state index in [1.807, 2.05) is 37.3 Å². The molecule has 0 aliphatic heterocycles. The number of nitrogens with zero attached hydrogens (tertiary/aromatic N) is 1. The third-order valence-electron chi connectivity index (χ3n) is 3.21. The fraction of sp³-hybridized carbons (Fsp3) is 0.176. The summed E-state index contributed by atoms with van der Waals surface area (Å²) in [7, 11) is 0. The zero-order chi connectivity index (χ0) is 16.4. The number of fused-ring (bicyclic) bond motifs is 1. The van der Waals surface area contributed by atoms with E-state index in [2.05, 4.69) is 25.9 Å². The van der Waals surface area contributed by atoms with Crippen LogP contribution in [0.4, 0.5) is 0 Å². The molecule has 0 spiro atoms. The number of nitrogens with one attached hydrogen (secondary N) is 1. The average molecular weight is 375 g/mol. The van der Waals surface area contributed by atoms with Gasteiger partial charge in [-0.25, -0.2) is 4.98 Å². The second-order valence-corrected chi connectivity index (χ2v) is 5.85. The van der Waals surface area contributed by atoms with Gasteiger partial charge >= 0.3 is 5.97 Å². The Kier molecular flexibility index (Phi) is 4.34. The summed E-state index contributed by atoms with van der Waals surface area (Å²) in [5.41, 5.74) is 2.68. The van der Waals surface area contributed by atoms with Gasteiger partial charge in [-0.2, -0.15) is 0 Å². The molecule has 0 fully saturated rings. The first-order chi connectivity index (χ1) is 11.1. The number of aromatic amines is 1. The lowest BCUT2D eigenvalue weighted by molar-refractivity contribution is -0.132. The van der Waals surface area contributed by atoms with E-state index in [1.54, 1.807) is 6.07 Å². The largest absolute Gasteiger partial charge is 0.490 e. The van der Waals surface area contributed by atoms with Crippen LogP contribution in [0.1, 0.15) is 13.8 Å². The third kappa shape index (κ3) is 3.37. The molecule has 2 aromatic carbocycles. The van der Waals surface area contributed by atoms with Crippen molar-refractivity contribution in [3.63, 3.8) is 0 Å². The Morgan fingerprint density at radius 2 is 2.04 bits per heavy atom. The molecule has 0 atom stereocenters. The number of rotatable bonds is 4. The monoisotopic (exact) mass is 374 g/mol. The van der Waals surface area contributed by atoms with Gasteiger partial charge in [0.25, 0.3) is 0 Å². The molecule has 23 heavy (non-hydrogen) atoms. The number of halogens is 1. The second kappa shape index (κ2) is 6.42. The third-order valence-corrected chi connectivity index (χ3v) is 3.71. The fourth-order valence-electron chi connectivity index (χ4n) is 2.28. The number of aromatic nitrogens is 2. The first kappa shape index (κ1) is 15.6. The van der Waals surface area contributed by atoms with Crippen LogP contribution < -0.4 is 9.47 Å². The lowest BCUT2D eigenvalue weighted by Gasteiger charge is -2.10. The van der Waals surface area contributed by atoms with E-state index in [9.17, 15) is 4.79 Å². The van der Waals surface area contributed by atoms with Crippen molar-refractivity contribution in [2.24, 2.45) is 0 Å². The topological polar surface area (TPSA) is 64.2 Å². The van der Waals surface area contributed by atoms with Crippen LogP contribution in [0, 0.1) is 0 Å². The normalized spacial score (nSPS) is 10.7. The highest BCUT2D eigenvalue weighted by atomic mass is 79.9. The summed E-state index contributed by atoms with van der Waals surface area (Å²) < 4.78 is 11.7. The molecule has 1 aromatic heterocycles. The quantitative estimate of drug-likeness (QED) is 0.545. The molecule has 0 aliphatic carbocycles. The van der Waals surface area contributed by atoms with Crippen molar-refractivity contribution in [1.29, 1.82) is 0 Å². The summed E-state index contributed by atoms with van der Waals surface area (Å²) in [5, 5.41) is 0. The van der Waals surface area contributed by atoms with Crippen molar-refractivity contribution < 1.29 is 14.3 Å². The molecule has 0 saturated carbocycles. The predicted molar refractivity (Wildman–Crippen MR) is 91.7 cm³/mol. The van der Waals surface area contributed by atoms with Crippen molar-refractivity contribution >= 4 is 32.9 Å². The van der Waals surface area contributed by atoms with Gasteiger partial charge in [-0.05, 0) is 43.3 Å². The Hall–Kier alpha value is -2.34. The second-order valence-electron chi connectivity index (χ2n) is 4.94. The molecular formula is C17H15BrN2O3. The summed E-state index contributed by atoms with van der Waals surface area (Å²) in [6.45, 7) is 3.72. The number of hydrogen-bond acceptors (Lipinski definition) is 4. The van der Waals surface area contributed by atoms with Crippen molar-refractivity contribution in [2.45, 2.75) is 13.8 Å². The van der Waals surface area contributed by atoms with Gasteiger partial charge in [-0.3, -0.25) is 4.79 Å². The highest BCUT2D eigenvalue weighted by Gasteiger charge is 2.12. The smallest absolute Gasteiger partial charge is 0.308 e. The van der Waals surface area contributed by atoms with Crippen LogP contribution >= 0.6 is 15.9 Å². The first-order valence-electron chi connectivity index (χ1n) is 7.17. The van der Waals surface area contributed by atoms with Gasteiger partial charge in [0.15, 0.2) is 11.5 Å². The van der Waals surface area contributed by atoms with E-state index in [1.165, 1.54) is 6.92 Å². The number of imidazole rings is 1. The van der Waals surface area contributed by atoms with Gasteiger partial charge in [0.2, 0.25) is 0 Å². The van der Waals surface area contributed by atoms with E-state index < -0.39 is 0 Å². The van der Waals surface area contributed by atoms with Crippen LogP contribution in [0.15, 0.2) is 40.9 Å². The van der Waals surface area contributed by atoms with Gasteiger partial charge < -0.3 is 14.5 Å². The molecule has 5 nitrogen and oxygen atoms in total. The molecule has 6 heteroatoms. The predicted octanol–water partition coefficient (Wildman–Crippen LogP) is 4.32. The summed E-state index contributed by atoms with van der Waals surface area (Å²) in [6.07, 6.45) is 0. The lowest BCUT2D eigenvalue weighted by Crippen LogP contribution is -2.04. The van der Waals surface area contributed by atoms with Crippen molar-refractivity contribution in [3.05, 3.63) is 40.9 Å². The average Bonchev–Trinajstić information content (AvgIpc) is 2.91. The van der Waals surface area contributed by atoms with Gasteiger partial charge in [-0.1, -0.05) is 15.9 Å². The van der Waals surface area contributed by atoms with Crippen LogP contribution in [0.25, 0.3) is 22.4 Å². The number of benzene rings is 2. The van der Waals surface area contributed by atoms with Crippen LogP contribution in [-0.2, 0) is 4.79 Å². The molecule has 0 saturated heterocycles. The van der Waals surface area contributed by atoms with Gasteiger partial charge in [0.05, 0.1) is 17.6 Å². The number of carbonyl (C=O) groups is 1. The maximum atomic E-state index is 11.2. The highest BCUT2D eigenvalue weighted by molar-refractivity contribution is 9.10. The van der Waals surface area contributed by atoms with Crippen LogP contribution in [0.5, 0.6) is 11.5 Å². The first-order valence-corrected chi connectivity index (χ1v) is 7.97. The van der Waals surface area contributed by atoms with E-state index in [0.717, 1.165) is 26.9 Å². The fourth-order valence-corrected chi connectivity index (χ4v) is 2.64. The summed E-state index contributed by atoms with van der Waals surface area (Å²) in [6, 6.07) is 11.2. The molecule has 1 N–H and O–H groups in total. The van der Waals surface area contributed by atoms with Crippen molar-refractivity contribution in [1.82, 2.24) is 9.97 Å². The number of carbonyl (C=O) groups excluding carboxylic acids is 1. The molecule has 1 heterocycles. The van der Waals surface area contributed by atoms with Crippen molar-refractivity contribution in [2.75, 3.05) is 6.61 Å². The molecular weight excluding hydrogens is 360 g/mol. The molecule has 0 radical (unpaired) electrons. The standard InChI is InChI=1S/C17H15BrN2O3/c1-3-22-16-8-11(4-7-15(16)23-10(2)21)17-19-13-6-5-12(18)9-14(13)20-17/h4-9H,3H2,1-2H3,(H,19,20). The lowest BCUT2D eigenvalue weighted by atomic mass is 10.2.